The van der Waals surface area contributed by atoms with E-state index in [1.807, 2.05) is 10.8 Å². The minimum atomic E-state index is -1.29. The van der Waals surface area contributed by atoms with Gasteiger partial charge in [0.05, 0.1) is 27.6 Å². The number of aromatic nitrogens is 2. The van der Waals surface area contributed by atoms with Crippen molar-refractivity contribution in [1.29, 1.82) is 0 Å². The highest BCUT2D eigenvalue weighted by Crippen LogP contribution is 2.14. The molecule has 6 heteroatoms. The van der Waals surface area contributed by atoms with Crippen LogP contribution in [0, 0.1) is 0 Å². The predicted molar refractivity (Wildman–Crippen MR) is 71.5 cm³/mol. The number of carboxylic acids is 1. The lowest BCUT2D eigenvalue weighted by Gasteiger charge is -2.06. The Morgan fingerprint density at radius 1 is 1.37 bits per heavy atom. The van der Waals surface area contributed by atoms with Crippen molar-refractivity contribution < 1.29 is 14.1 Å². The molecule has 1 atom stereocenters. The van der Waals surface area contributed by atoms with Crippen molar-refractivity contribution in [2.45, 2.75) is 17.9 Å². The zero-order valence-corrected chi connectivity index (χ0v) is 11.0. The summed E-state index contributed by atoms with van der Waals surface area (Å²) in [5, 5.41) is 9.04. The number of nitrogens with zero attached hydrogens (tertiary/aromatic N) is 2. The number of hydrogen-bond acceptors (Lipinski definition) is 3. The van der Waals surface area contributed by atoms with Gasteiger partial charge < -0.3 is 9.67 Å². The molecular weight excluding hydrogens is 264 g/mol. The third-order valence-electron chi connectivity index (χ3n) is 2.67. The van der Waals surface area contributed by atoms with E-state index in [0.717, 1.165) is 6.54 Å². The van der Waals surface area contributed by atoms with Gasteiger partial charge >= 0.3 is 5.97 Å². The highest BCUT2D eigenvalue weighted by atomic mass is 32.2. The van der Waals surface area contributed by atoms with E-state index < -0.39 is 16.8 Å². The molecular formula is C13H14N2O3S. The van der Waals surface area contributed by atoms with Crippen LogP contribution in [0.25, 0.3) is 0 Å². The van der Waals surface area contributed by atoms with Gasteiger partial charge in [-0.1, -0.05) is 12.1 Å². The Balaban J connectivity index is 1.98. The van der Waals surface area contributed by atoms with Crippen molar-refractivity contribution in [1.82, 2.24) is 9.55 Å². The van der Waals surface area contributed by atoms with Crippen molar-refractivity contribution in [3.8, 4) is 0 Å². The van der Waals surface area contributed by atoms with Gasteiger partial charge in [-0.15, -0.1) is 0 Å². The van der Waals surface area contributed by atoms with Crippen LogP contribution in [0.15, 0.2) is 47.9 Å². The Kier molecular flexibility index (Phi) is 4.46. The second-order valence-electron chi connectivity index (χ2n) is 4.01. The van der Waals surface area contributed by atoms with Crippen molar-refractivity contribution in [3.05, 3.63) is 48.5 Å². The Morgan fingerprint density at radius 3 is 2.84 bits per heavy atom. The minimum absolute atomic E-state index is 0.114. The lowest BCUT2D eigenvalue weighted by Crippen LogP contribution is -2.08. The van der Waals surface area contributed by atoms with Crippen molar-refractivity contribution in [3.63, 3.8) is 0 Å². The molecule has 1 aromatic carbocycles. The first-order valence-electron chi connectivity index (χ1n) is 5.85. The Hall–Kier alpha value is -1.95. The van der Waals surface area contributed by atoms with Crippen LogP contribution < -0.4 is 0 Å². The molecule has 0 bridgehead atoms. The Bertz CT molecular complexity index is 581. The van der Waals surface area contributed by atoms with Crippen LogP contribution in [-0.4, -0.2) is 30.6 Å². The van der Waals surface area contributed by atoms with E-state index in [0.29, 0.717) is 17.1 Å². The zero-order valence-electron chi connectivity index (χ0n) is 10.2. The summed E-state index contributed by atoms with van der Waals surface area (Å²) in [5.74, 6) is -0.610. The number of carbonyl (C=O) groups is 1. The van der Waals surface area contributed by atoms with Gasteiger partial charge in [0.25, 0.3) is 0 Å². The number of rotatable bonds is 6. The van der Waals surface area contributed by atoms with Gasteiger partial charge in [0.1, 0.15) is 0 Å². The molecule has 100 valence electrons. The van der Waals surface area contributed by atoms with Crippen molar-refractivity contribution in [2.75, 3.05) is 5.75 Å². The van der Waals surface area contributed by atoms with Crippen LogP contribution in [0.5, 0.6) is 0 Å². The molecule has 1 unspecified atom stereocenters. The van der Waals surface area contributed by atoms with Gasteiger partial charge in [0, 0.05) is 24.7 Å². The first-order chi connectivity index (χ1) is 9.18. The maximum Gasteiger partial charge on any atom is 0.336 e. The molecule has 2 aromatic rings. The van der Waals surface area contributed by atoms with Gasteiger partial charge in [-0.2, -0.15) is 0 Å². The van der Waals surface area contributed by atoms with Crippen LogP contribution in [0.3, 0.4) is 0 Å². The SMILES string of the molecule is O=C(O)c1ccccc1S(=O)CCCn1ccnc1. The van der Waals surface area contributed by atoms with Crippen LogP contribution in [0.1, 0.15) is 16.8 Å². The molecule has 0 spiro atoms. The lowest BCUT2D eigenvalue weighted by molar-refractivity contribution is 0.0693. The lowest BCUT2D eigenvalue weighted by atomic mass is 10.2. The monoisotopic (exact) mass is 278 g/mol. The summed E-state index contributed by atoms with van der Waals surface area (Å²) >= 11 is 0. The smallest absolute Gasteiger partial charge is 0.336 e. The summed E-state index contributed by atoms with van der Waals surface area (Å²) < 4.78 is 14.0. The number of imidazole rings is 1. The molecule has 0 aliphatic heterocycles. The third-order valence-corrected chi connectivity index (χ3v) is 4.17. The average Bonchev–Trinajstić information content (AvgIpc) is 2.91. The molecule has 0 radical (unpaired) electrons. The standard InChI is InChI=1S/C13H14N2O3S/c16-13(17)11-4-1-2-5-12(11)19(18)9-3-7-15-8-6-14-10-15/h1-2,4-6,8,10H,3,7,9H2,(H,16,17). The average molecular weight is 278 g/mol. The first-order valence-corrected chi connectivity index (χ1v) is 7.17. The molecule has 1 aromatic heterocycles. The summed E-state index contributed by atoms with van der Waals surface area (Å²) in [5.41, 5.74) is 0.114. The van der Waals surface area contributed by atoms with Gasteiger partial charge in [0.15, 0.2) is 0 Å². The van der Waals surface area contributed by atoms with E-state index >= 15 is 0 Å². The summed E-state index contributed by atoms with van der Waals surface area (Å²) in [7, 11) is -1.29. The second kappa shape index (κ2) is 6.29. The molecule has 19 heavy (non-hydrogen) atoms. The van der Waals surface area contributed by atoms with Gasteiger partial charge in [-0.3, -0.25) is 4.21 Å². The second-order valence-corrected chi connectivity index (χ2v) is 5.54. The minimum Gasteiger partial charge on any atom is -0.478 e. The quantitative estimate of drug-likeness (QED) is 0.874. The van der Waals surface area contributed by atoms with Crippen LogP contribution in [0.4, 0.5) is 0 Å². The topological polar surface area (TPSA) is 72.2 Å². The molecule has 1 N–H and O–H groups in total. The van der Waals surface area contributed by atoms with Crippen LogP contribution in [-0.2, 0) is 17.3 Å². The van der Waals surface area contributed by atoms with Crippen molar-refractivity contribution >= 4 is 16.8 Å². The predicted octanol–water partition coefficient (Wildman–Crippen LogP) is 1.78. The van der Waals surface area contributed by atoms with E-state index in [1.54, 1.807) is 30.7 Å². The Morgan fingerprint density at radius 2 is 2.16 bits per heavy atom. The van der Waals surface area contributed by atoms with E-state index in [2.05, 4.69) is 4.98 Å². The highest BCUT2D eigenvalue weighted by molar-refractivity contribution is 7.85. The van der Waals surface area contributed by atoms with Gasteiger partial charge in [-0.05, 0) is 18.6 Å². The maximum absolute atomic E-state index is 12.1. The molecule has 0 saturated carbocycles. The van der Waals surface area contributed by atoms with E-state index in [-0.39, 0.29) is 5.56 Å². The van der Waals surface area contributed by atoms with Gasteiger partial charge in [0.2, 0.25) is 0 Å². The first kappa shape index (κ1) is 13.5. The third kappa shape index (κ3) is 3.51. The number of hydrogen-bond donors (Lipinski definition) is 1. The van der Waals surface area contributed by atoms with E-state index in [4.69, 9.17) is 5.11 Å². The molecule has 1 heterocycles. The molecule has 0 saturated heterocycles. The Labute approximate surface area is 113 Å². The number of benzene rings is 1. The van der Waals surface area contributed by atoms with E-state index in [1.165, 1.54) is 6.07 Å². The van der Waals surface area contributed by atoms with Crippen molar-refractivity contribution in [2.24, 2.45) is 0 Å². The largest absolute Gasteiger partial charge is 0.478 e. The molecule has 2 rings (SSSR count). The molecule has 0 aliphatic rings. The molecule has 0 aliphatic carbocycles. The molecule has 5 nitrogen and oxygen atoms in total. The zero-order chi connectivity index (χ0) is 13.7. The fraction of sp³-hybridized carbons (Fsp3) is 0.231. The summed E-state index contributed by atoms with van der Waals surface area (Å²) in [6, 6.07) is 6.42. The highest BCUT2D eigenvalue weighted by Gasteiger charge is 2.14. The van der Waals surface area contributed by atoms with Crippen LogP contribution in [0.2, 0.25) is 0 Å². The number of aromatic carboxylic acids is 1. The molecule has 0 fully saturated rings. The van der Waals surface area contributed by atoms with E-state index in [9.17, 15) is 9.00 Å². The number of aryl methyl sites for hydroxylation is 1. The summed E-state index contributed by atoms with van der Waals surface area (Å²) in [6.45, 7) is 0.723. The summed E-state index contributed by atoms with van der Waals surface area (Å²) in [4.78, 5) is 15.4. The van der Waals surface area contributed by atoms with Gasteiger partial charge in [-0.25, -0.2) is 9.78 Å². The fourth-order valence-corrected chi connectivity index (χ4v) is 2.99. The van der Waals surface area contributed by atoms with Crippen LogP contribution >= 0.6 is 0 Å². The fourth-order valence-electron chi connectivity index (χ4n) is 1.75. The maximum atomic E-state index is 12.1. The normalized spacial score (nSPS) is 12.2. The summed E-state index contributed by atoms with van der Waals surface area (Å²) in [6.07, 6.45) is 5.94. The molecule has 0 amide bonds. The number of carboxylic acid groups (broad SMARTS) is 1.